The zero-order valence-electron chi connectivity index (χ0n) is 10.3. The van der Waals surface area contributed by atoms with Gasteiger partial charge in [-0.05, 0) is 12.1 Å². The molecule has 0 aliphatic rings. The van der Waals surface area contributed by atoms with Gasteiger partial charge in [0.25, 0.3) is 0 Å². The maximum absolute atomic E-state index is 11.5. The van der Waals surface area contributed by atoms with Gasteiger partial charge in [0.05, 0.1) is 12.7 Å². The fourth-order valence-electron chi connectivity index (χ4n) is 1.25. The van der Waals surface area contributed by atoms with Crippen molar-refractivity contribution in [3.05, 3.63) is 35.9 Å². The van der Waals surface area contributed by atoms with Crippen molar-refractivity contribution in [2.24, 2.45) is 5.73 Å². The minimum Gasteiger partial charge on any atom is -0.467 e. The number of rotatable bonds is 4. The highest BCUT2D eigenvalue weighted by Crippen LogP contribution is 2.01. The summed E-state index contributed by atoms with van der Waals surface area (Å²) in [5, 5.41) is 2.14. The zero-order valence-corrected chi connectivity index (χ0v) is 10.3. The number of nitrogens with two attached hydrogens (primary N) is 1. The van der Waals surface area contributed by atoms with Crippen LogP contribution in [0.3, 0.4) is 0 Å². The van der Waals surface area contributed by atoms with Gasteiger partial charge in [-0.1, -0.05) is 18.2 Å². The maximum Gasteiger partial charge on any atom is 0.415 e. The monoisotopic (exact) mass is 266 g/mol. The maximum atomic E-state index is 11.5. The predicted molar refractivity (Wildman–Crippen MR) is 65.2 cm³/mol. The lowest BCUT2D eigenvalue weighted by Crippen LogP contribution is -2.47. The van der Waals surface area contributed by atoms with Crippen molar-refractivity contribution >= 4 is 18.0 Å². The Bertz CT molecular complexity index is 460. The fourth-order valence-corrected chi connectivity index (χ4v) is 1.25. The van der Waals surface area contributed by atoms with E-state index in [1.807, 2.05) is 0 Å². The lowest BCUT2D eigenvalue weighted by atomic mass is 10.2. The highest BCUT2D eigenvalue weighted by atomic mass is 16.6. The smallest absolute Gasteiger partial charge is 0.415 e. The lowest BCUT2D eigenvalue weighted by molar-refractivity contribution is -0.142. The van der Waals surface area contributed by atoms with Gasteiger partial charge >= 0.3 is 18.0 Å². The minimum absolute atomic E-state index is 0.165. The van der Waals surface area contributed by atoms with Crippen LogP contribution >= 0.6 is 0 Å². The average Bonchev–Trinajstić information content (AvgIpc) is 2.44. The van der Waals surface area contributed by atoms with Crippen molar-refractivity contribution in [1.29, 1.82) is 0 Å². The van der Waals surface area contributed by atoms with Gasteiger partial charge in [-0.2, -0.15) is 0 Å². The van der Waals surface area contributed by atoms with Gasteiger partial charge in [0.2, 0.25) is 0 Å². The van der Waals surface area contributed by atoms with Gasteiger partial charge in [0.15, 0.2) is 0 Å². The van der Waals surface area contributed by atoms with Crippen LogP contribution in [0.5, 0.6) is 0 Å². The number of esters is 2. The van der Waals surface area contributed by atoms with Crippen LogP contribution in [-0.2, 0) is 14.3 Å². The van der Waals surface area contributed by atoms with Crippen molar-refractivity contribution < 1.29 is 23.9 Å². The second kappa shape index (κ2) is 7.12. The molecule has 0 aliphatic heterocycles. The minimum atomic E-state index is -1.06. The Labute approximate surface area is 109 Å². The summed E-state index contributed by atoms with van der Waals surface area (Å²) in [6, 6.07) is 6.92. The molecule has 1 atom stereocenters. The molecule has 1 rings (SSSR count). The number of methoxy groups -OCH3 is 1. The number of amides is 1. The molecule has 0 fully saturated rings. The third-order valence-corrected chi connectivity index (χ3v) is 2.21. The van der Waals surface area contributed by atoms with Gasteiger partial charge < -0.3 is 20.5 Å². The van der Waals surface area contributed by atoms with Crippen LogP contribution in [0, 0.1) is 0 Å². The van der Waals surface area contributed by atoms with E-state index >= 15 is 0 Å². The van der Waals surface area contributed by atoms with Crippen molar-refractivity contribution in [3.63, 3.8) is 0 Å². The molecule has 7 nitrogen and oxygen atoms in total. The Balaban J connectivity index is 2.56. The first-order chi connectivity index (χ1) is 9.08. The largest absolute Gasteiger partial charge is 0.467 e. The Hall–Kier alpha value is -2.41. The molecule has 0 bridgehead atoms. The topological polar surface area (TPSA) is 108 Å². The summed E-state index contributed by atoms with van der Waals surface area (Å²) in [5.41, 5.74) is 5.51. The highest BCUT2D eigenvalue weighted by Gasteiger charge is 2.22. The van der Waals surface area contributed by atoms with Gasteiger partial charge in [0, 0.05) is 6.54 Å². The van der Waals surface area contributed by atoms with E-state index < -0.39 is 24.1 Å². The van der Waals surface area contributed by atoms with Crippen molar-refractivity contribution in [2.75, 3.05) is 13.7 Å². The molecule has 0 spiro atoms. The van der Waals surface area contributed by atoms with E-state index in [4.69, 9.17) is 5.73 Å². The van der Waals surface area contributed by atoms with Crippen molar-refractivity contribution in [2.45, 2.75) is 6.04 Å². The average molecular weight is 266 g/mol. The molecule has 0 heterocycles. The summed E-state index contributed by atoms with van der Waals surface area (Å²) in [6.45, 7) is -0.165. The summed E-state index contributed by atoms with van der Waals surface area (Å²) in [5.74, 6) is -1.54. The molecule has 0 radical (unpaired) electrons. The summed E-state index contributed by atoms with van der Waals surface area (Å²) >= 11 is 0. The molecule has 7 heteroatoms. The first-order valence-electron chi connectivity index (χ1n) is 5.44. The van der Waals surface area contributed by atoms with Gasteiger partial charge in [-0.15, -0.1) is 0 Å². The number of nitrogens with one attached hydrogen (secondary N) is 1. The van der Waals surface area contributed by atoms with Crippen LogP contribution in [0.15, 0.2) is 30.3 Å². The fraction of sp³-hybridized carbons (Fsp3) is 0.250. The van der Waals surface area contributed by atoms with E-state index in [0.717, 1.165) is 7.11 Å². The lowest BCUT2D eigenvalue weighted by Gasteiger charge is -2.13. The normalized spacial score (nSPS) is 11.3. The molecule has 19 heavy (non-hydrogen) atoms. The van der Waals surface area contributed by atoms with Gasteiger partial charge in [-0.25, -0.2) is 14.4 Å². The third kappa shape index (κ3) is 4.40. The highest BCUT2D eigenvalue weighted by molar-refractivity contribution is 5.97. The Kier molecular flexibility index (Phi) is 5.49. The molecule has 1 amide bonds. The van der Waals surface area contributed by atoms with Crippen molar-refractivity contribution in [3.8, 4) is 0 Å². The van der Waals surface area contributed by atoms with E-state index in [2.05, 4.69) is 14.8 Å². The molecule has 0 unspecified atom stereocenters. The SMILES string of the molecule is COC(=O)[C@H](CN)NC(=O)OC(=O)c1ccccc1. The Morgan fingerprint density at radius 3 is 2.42 bits per heavy atom. The predicted octanol–water partition coefficient (Wildman–Crippen LogP) is 0.0533. The van der Waals surface area contributed by atoms with Crippen LogP contribution in [0.1, 0.15) is 10.4 Å². The first kappa shape index (κ1) is 14.7. The summed E-state index contributed by atoms with van der Waals surface area (Å²) < 4.78 is 8.93. The van der Waals surface area contributed by atoms with E-state index in [1.54, 1.807) is 18.2 Å². The van der Waals surface area contributed by atoms with E-state index in [-0.39, 0.29) is 12.1 Å². The number of ether oxygens (including phenoxy) is 2. The second-order valence-corrected chi connectivity index (χ2v) is 3.50. The van der Waals surface area contributed by atoms with Crippen LogP contribution < -0.4 is 11.1 Å². The molecule has 1 aromatic rings. The first-order valence-corrected chi connectivity index (χ1v) is 5.44. The zero-order chi connectivity index (χ0) is 14.3. The Morgan fingerprint density at radius 1 is 1.26 bits per heavy atom. The molecular formula is C12H14N2O5. The molecule has 1 aromatic carbocycles. The molecule has 3 N–H and O–H groups in total. The summed E-state index contributed by atoms with van der Waals surface area (Å²) in [7, 11) is 1.16. The van der Waals surface area contributed by atoms with Crippen LogP contribution in [0.25, 0.3) is 0 Å². The molecule has 0 saturated carbocycles. The standard InChI is InChI=1S/C12H14N2O5/c1-18-11(16)9(7-13)14-12(17)19-10(15)8-5-3-2-4-6-8/h2-6,9H,7,13H2,1H3,(H,14,17)/t9-/m0/s1. The quantitative estimate of drug-likeness (QED) is 0.589. The van der Waals surface area contributed by atoms with Crippen molar-refractivity contribution in [1.82, 2.24) is 5.32 Å². The second-order valence-electron chi connectivity index (χ2n) is 3.50. The van der Waals surface area contributed by atoms with Gasteiger partial charge in [-0.3, -0.25) is 0 Å². The molecule has 0 aromatic heterocycles. The number of benzene rings is 1. The number of carbonyl (C=O) groups excluding carboxylic acids is 3. The number of hydrogen-bond donors (Lipinski definition) is 2. The van der Waals surface area contributed by atoms with E-state index in [9.17, 15) is 14.4 Å². The van der Waals surface area contributed by atoms with Gasteiger partial charge in [0.1, 0.15) is 6.04 Å². The molecule has 102 valence electrons. The van der Waals surface area contributed by atoms with Crippen LogP contribution in [0.2, 0.25) is 0 Å². The summed E-state index contributed by atoms with van der Waals surface area (Å²) in [4.78, 5) is 34.1. The number of carbonyl (C=O) groups is 3. The Morgan fingerprint density at radius 2 is 1.89 bits per heavy atom. The molecule has 0 aliphatic carbocycles. The number of hydrogen-bond acceptors (Lipinski definition) is 6. The van der Waals surface area contributed by atoms with E-state index in [0.29, 0.717) is 0 Å². The summed E-state index contributed by atoms with van der Waals surface area (Å²) in [6.07, 6.45) is -1.06. The van der Waals surface area contributed by atoms with E-state index in [1.165, 1.54) is 12.1 Å². The third-order valence-electron chi connectivity index (χ3n) is 2.21. The van der Waals surface area contributed by atoms with Crippen LogP contribution in [0.4, 0.5) is 4.79 Å². The molecular weight excluding hydrogens is 252 g/mol. The molecule has 0 saturated heterocycles. The van der Waals surface area contributed by atoms with Crippen LogP contribution in [-0.4, -0.2) is 37.7 Å². The number of alkyl carbamates (subject to hydrolysis) is 1.